The fourth-order valence-electron chi connectivity index (χ4n) is 3.26. The van der Waals surface area contributed by atoms with Crippen molar-refractivity contribution in [2.24, 2.45) is 0 Å². The standard InChI is InChI=1S/C24H17BrCl2N2O2S/c1-28-21(23(30)29(24(28)32)18-5-3-2-4-6-18)13-16-12-17(25)8-10-22(16)31-14-15-7-9-19(26)20(27)11-15/h2-13H,14H2,1H3/b21-13-. The number of amides is 1. The molecule has 0 spiro atoms. The predicted molar refractivity (Wildman–Crippen MR) is 137 cm³/mol. The Morgan fingerprint density at radius 2 is 1.78 bits per heavy atom. The zero-order valence-electron chi connectivity index (χ0n) is 16.9. The van der Waals surface area contributed by atoms with Crippen molar-refractivity contribution in [3.8, 4) is 5.75 Å². The van der Waals surface area contributed by atoms with E-state index in [0.717, 1.165) is 21.3 Å². The number of benzene rings is 3. The molecule has 0 aliphatic carbocycles. The second-order valence-electron chi connectivity index (χ2n) is 7.07. The quantitative estimate of drug-likeness (QED) is 0.256. The van der Waals surface area contributed by atoms with Crippen molar-refractivity contribution < 1.29 is 9.53 Å². The molecule has 1 fully saturated rings. The van der Waals surface area contributed by atoms with Crippen LogP contribution in [0.15, 0.2) is 76.9 Å². The van der Waals surface area contributed by atoms with Crippen molar-refractivity contribution in [2.75, 3.05) is 11.9 Å². The van der Waals surface area contributed by atoms with Crippen LogP contribution < -0.4 is 9.64 Å². The largest absolute Gasteiger partial charge is 0.488 e. The number of para-hydroxylation sites is 1. The van der Waals surface area contributed by atoms with Crippen LogP contribution in [0.4, 0.5) is 5.69 Å². The number of hydrogen-bond acceptors (Lipinski definition) is 3. The Bertz CT molecular complexity index is 1230. The van der Waals surface area contributed by atoms with Gasteiger partial charge in [0.05, 0.1) is 15.7 Å². The van der Waals surface area contributed by atoms with Gasteiger partial charge in [0.2, 0.25) is 0 Å². The number of ether oxygens (including phenoxy) is 1. The van der Waals surface area contributed by atoms with Gasteiger partial charge in [0.25, 0.3) is 5.91 Å². The van der Waals surface area contributed by atoms with Gasteiger partial charge in [-0.25, -0.2) is 0 Å². The number of hydrogen-bond donors (Lipinski definition) is 0. The van der Waals surface area contributed by atoms with Crippen LogP contribution in [-0.2, 0) is 11.4 Å². The molecule has 3 aromatic carbocycles. The molecule has 1 aliphatic heterocycles. The molecule has 4 nitrogen and oxygen atoms in total. The molecule has 32 heavy (non-hydrogen) atoms. The average Bonchev–Trinajstić information content (AvgIpc) is 2.99. The Balaban J connectivity index is 1.64. The monoisotopic (exact) mass is 546 g/mol. The molecule has 0 N–H and O–H groups in total. The maximum atomic E-state index is 13.2. The summed E-state index contributed by atoms with van der Waals surface area (Å²) in [6, 6.07) is 20.3. The van der Waals surface area contributed by atoms with Crippen LogP contribution in [0.1, 0.15) is 11.1 Å². The Hall–Kier alpha value is -2.38. The van der Waals surface area contributed by atoms with Crippen molar-refractivity contribution >= 4 is 74.1 Å². The molecule has 0 radical (unpaired) electrons. The highest BCUT2D eigenvalue weighted by molar-refractivity contribution is 9.10. The van der Waals surface area contributed by atoms with Crippen LogP contribution in [-0.4, -0.2) is 23.0 Å². The van der Waals surface area contributed by atoms with E-state index in [2.05, 4.69) is 15.9 Å². The third kappa shape index (κ3) is 4.69. The van der Waals surface area contributed by atoms with Gasteiger partial charge in [-0.1, -0.05) is 63.4 Å². The fraction of sp³-hybridized carbons (Fsp3) is 0.0833. The lowest BCUT2D eigenvalue weighted by atomic mass is 10.1. The summed E-state index contributed by atoms with van der Waals surface area (Å²) in [5.74, 6) is 0.427. The van der Waals surface area contributed by atoms with E-state index in [1.54, 1.807) is 30.2 Å². The number of likely N-dealkylation sites (N-methyl/N-ethyl adjacent to an activating group) is 1. The predicted octanol–water partition coefficient (Wildman–Crippen LogP) is 6.94. The van der Waals surface area contributed by atoms with Gasteiger partial charge in [0.15, 0.2) is 5.11 Å². The van der Waals surface area contributed by atoms with Gasteiger partial charge < -0.3 is 9.64 Å². The average molecular weight is 548 g/mol. The molecule has 1 aliphatic rings. The summed E-state index contributed by atoms with van der Waals surface area (Å²) in [7, 11) is 1.78. The number of rotatable bonds is 5. The number of carbonyl (C=O) groups excluding carboxylic acids is 1. The lowest BCUT2D eigenvalue weighted by molar-refractivity contribution is -0.114. The zero-order chi connectivity index (χ0) is 22.8. The maximum Gasteiger partial charge on any atom is 0.281 e. The molecular weight excluding hydrogens is 531 g/mol. The molecule has 1 saturated heterocycles. The van der Waals surface area contributed by atoms with Crippen LogP contribution in [0, 0.1) is 0 Å². The Kier molecular flexibility index (Phi) is 6.86. The lowest BCUT2D eigenvalue weighted by Gasteiger charge is -2.16. The summed E-state index contributed by atoms with van der Waals surface area (Å²) < 4.78 is 6.91. The third-order valence-corrected chi connectivity index (χ3v) is 6.61. The summed E-state index contributed by atoms with van der Waals surface area (Å²) >= 11 is 21.1. The first-order valence-electron chi connectivity index (χ1n) is 9.60. The van der Waals surface area contributed by atoms with E-state index < -0.39 is 0 Å². The van der Waals surface area contributed by atoms with E-state index in [4.69, 9.17) is 40.2 Å². The molecule has 162 valence electrons. The topological polar surface area (TPSA) is 32.8 Å². The summed E-state index contributed by atoms with van der Waals surface area (Å²) in [6.45, 7) is 0.299. The highest BCUT2D eigenvalue weighted by atomic mass is 79.9. The van der Waals surface area contributed by atoms with Crippen LogP contribution >= 0.6 is 51.3 Å². The highest BCUT2D eigenvalue weighted by Crippen LogP contribution is 2.32. The van der Waals surface area contributed by atoms with E-state index >= 15 is 0 Å². The second-order valence-corrected chi connectivity index (χ2v) is 9.16. The van der Waals surface area contributed by atoms with Gasteiger partial charge in [0, 0.05) is 17.1 Å². The Labute approximate surface area is 210 Å². The molecule has 0 bridgehead atoms. The smallest absolute Gasteiger partial charge is 0.281 e. The molecule has 0 atom stereocenters. The van der Waals surface area contributed by atoms with E-state index in [1.807, 2.05) is 54.6 Å². The van der Waals surface area contributed by atoms with Crippen LogP contribution in [0.5, 0.6) is 5.75 Å². The first-order valence-corrected chi connectivity index (χ1v) is 11.6. The van der Waals surface area contributed by atoms with Gasteiger partial charge >= 0.3 is 0 Å². The van der Waals surface area contributed by atoms with Crippen molar-refractivity contribution in [1.82, 2.24) is 4.90 Å². The number of halogens is 3. The summed E-state index contributed by atoms with van der Waals surface area (Å²) in [6.07, 6.45) is 1.78. The van der Waals surface area contributed by atoms with Gasteiger partial charge in [0.1, 0.15) is 18.1 Å². The van der Waals surface area contributed by atoms with Gasteiger partial charge in [-0.15, -0.1) is 0 Å². The summed E-state index contributed by atoms with van der Waals surface area (Å²) in [5, 5.41) is 1.38. The molecule has 3 aromatic rings. The molecule has 0 unspecified atom stereocenters. The SMILES string of the molecule is CN1C(=S)N(c2ccccc2)C(=O)/C1=C/c1cc(Br)ccc1OCc1ccc(Cl)c(Cl)c1. The number of anilines is 1. The number of thiocarbonyl (C=S) groups is 1. The Morgan fingerprint density at radius 3 is 2.50 bits per heavy atom. The second kappa shape index (κ2) is 9.63. The van der Waals surface area contributed by atoms with Crippen LogP contribution in [0.25, 0.3) is 6.08 Å². The van der Waals surface area contributed by atoms with Gasteiger partial charge in [-0.2, -0.15) is 0 Å². The van der Waals surface area contributed by atoms with E-state index in [-0.39, 0.29) is 5.91 Å². The van der Waals surface area contributed by atoms with Crippen molar-refractivity contribution in [1.29, 1.82) is 0 Å². The first-order chi connectivity index (χ1) is 15.3. The lowest BCUT2D eigenvalue weighted by Crippen LogP contribution is -2.30. The molecule has 1 heterocycles. The molecule has 0 saturated carbocycles. The highest BCUT2D eigenvalue weighted by Gasteiger charge is 2.36. The molecule has 1 amide bonds. The minimum atomic E-state index is -0.195. The Morgan fingerprint density at radius 1 is 1.03 bits per heavy atom. The molecule has 4 rings (SSSR count). The number of nitrogens with zero attached hydrogens (tertiary/aromatic N) is 2. The minimum absolute atomic E-state index is 0.195. The summed E-state index contributed by atoms with van der Waals surface area (Å²) in [5.41, 5.74) is 2.80. The molecule has 0 aromatic heterocycles. The van der Waals surface area contributed by atoms with Gasteiger partial charge in [-0.3, -0.25) is 9.69 Å². The first kappa shape index (κ1) is 22.8. The van der Waals surface area contributed by atoms with Crippen LogP contribution in [0.3, 0.4) is 0 Å². The van der Waals surface area contributed by atoms with E-state index in [0.29, 0.717) is 33.2 Å². The fourth-order valence-corrected chi connectivity index (χ4v) is 4.25. The number of carbonyl (C=O) groups is 1. The maximum absolute atomic E-state index is 13.2. The molecular formula is C24H17BrCl2N2O2S. The van der Waals surface area contributed by atoms with Crippen molar-refractivity contribution in [3.63, 3.8) is 0 Å². The third-order valence-electron chi connectivity index (χ3n) is 4.92. The van der Waals surface area contributed by atoms with E-state index in [1.165, 1.54) is 4.90 Å². The van der Waals surface area contributed by atoms with Gasteiger partial charge in [-0.05, 0) is 66.3 Å². The summed E-state index contributed by atoms with van der Waals surface area (Å²) in [4.78, 5) is 16.5. The van der Waals surface area contributed by atoms with Crippen LogP contribution in [0.2, 0.25) is 10.0 Å². The normalized spacial score (nSPS) is 15.1. The van der Waals surface area contributed by atoms with Crippen molar-refractivity contribution in [2.45, 2.75) is 6.61 Å². The molecule has 8 heteroatoms. The minimum Gasteiger partial charge on any atom is -0.488 e. The van der Waals surface area contributed by atoms with E-state index in [9.17, 15) is 4.79 Å². The zero-order valence-corrected chi connectivity index (χ0v) is 20.8. The van der Waals surface area contributed by atoms with Crippen molar-refractivity contribution in [3.05, 3.63) is 98.1 Å².